The highest BCUT2D eigenvalue weighted by molar-refractivity contribution is 7.95. The Hall–Kier alpha value is -0.180. The summed E-state index contributed by atoms with van der Waals surface area (Å²) in [7, 11) is 0. The van der Waals surface area contributed by atoms with Crippen LogP contribution in [0.1, 0.15) is 72.1 Å². The van der Waals surface area contributed by atoms with Crippen molar-refractivity contribution in [3.63, 3.8) is 0 Å². The van der Waals surface area contributed by atoms with Gasteiger partial charge in [0.05, 0.1) is 12.0 Å². The molecule has 0 bridgehead atoms. The van der Waals surface area contributed by atoms with E-state index >= 15 is 0 Å². The molecule has 0 aliphatic rings. The first-order valence-corrected chi connectivity index (χ1v) is 7.41. The molecule has 1 atom stereocenters. The van der Waals surface area contributed by atoms with E-state index < -0.39 is 0 Å². The minimum absolute atomic E-state index is 0.102. The summed E-state index contributed by atoms with van der Waals surface area (Å²) < 4.78 is 5.10. The molecule has 16 heavy (non-hydrogen) atoms. The van der Waals surface area contributed by atoms with Crippen LogP contribution < -0.4 is 0 Å². The lowest BCUT2D eigenvalue weighted by molar-refractivity contribution is -0.132. The summed E-state index contributed by atoms with van der Waals surface area (Å²) in [6.45, 7) is 6.22. The Morgan fingerprint density at radius 3 is 2.38 bits per heavy atom. The molecule has 0 heterocycles. The molecule has 0 fully saturated rings. The summed E-state index contributed by atoms with van der Waals surface area (Å²) in [6, 6.07) is 0. The van der Waals surface area contributed by atoms with Gasteiger partial charge >= 0.3 is 5.97 Å². The number of unbranched alkanes of at least 4 members (excludes halogenated alkanes) is 4. The third-order valence-electron chi connectivity index (χ3n) is 2.65. The van der Waals surface area contributed by atoms with E-state index in [1.807, 2.05) is 6.92 Å². The highest BCUT2D eigenvalue weighted by atomic mass is 32.2. The van der Waals surface area contributed by atoms with Crippen molar-refractivity contribution < 1.29 is 8.98 Å². The quantitative estimate of drug-likeness (QED) is 0.412. The Kier molecular flexibility index (Phi) is 11.2. The van der Waals surface area contributed by atoms with E-state index in [0.29, 0.717) is 11.7 Å². The fourth-order valence-corrected chi connectivity index (χ4v) is 2.24. The molecule has 2 nitrogen and oxygen atoms in total. The first-order chi connectivity index (χ1) is 7.74. The van der Waals surface area contributed by atoms with Gasteiger partial charge in [-0.1, -0.05) is 52.9 Å². The minimum atomic E-state index is -0.102. The Bertz CT molecular complexity index is 171. The van der Waals surface area contributed by atoms with Gasteiger partial charge in [0.15, 0.2) is 0 Å². The fraction of sp³-hybridized carbons (Fsp3) is 0.923. The zero-order valence-corrected chi connectivity index (χ0v) is 11.8. The van der Waals surface area contributed by atoms with Gasteiger partial charge in [0, 0.05) is 11.7 Å². The third-order valence-corrected chi connectivity index (χ3v) is 3.77. The smallest absolute Gasteiger partial charge is 0.317 e. The Morgan fingerprint density at radius 2 is 1.81 bits per heavy atom. The highest BCUT2D eigenvalue weighted by Crippen LogP contribution is 2.22. The van der Waals surface area contributed by atoms with Gasteiger partial charge in [-0.15, -0.1) is 0 Å². The summed E-state index contributed by atoms with van der Waals surface area (Å²) in [5.41, 5.74) is 0. The summed E-state index contributed by atoms with van der Waals surface area (Å²) in [5, 5.41) is 0.483. The van der Waals surface area contributed by atoms with E-state index in [2.05, 4.69) is 13.8 Å². The van der Waals surface area contributed by atoms with E-state index in [4.69, 9.17) is 4.18 Å². The molecular weight excluding hydrogens is 220 g/mol. The molecule has 0 N–H and O–H groups in total. The molecule has 1 unspecified atom stereocenters. The molecule has 0 aromatic carbocycles. The SMILES string of the molecule is CCCCCCCC(CC)SOC(=O)CC. The fourth-order valence-electron chi connectivity index (χ4n) is 1.48. The summed E-state index contributed by atoms with van der Waals surface area (Å²) >= 11 is 1.37. The van der Waals surface area contributed by atoms with Gasteiger partial charge in [0.25, 0.3) is 0 Å². The predicted molar refractivity (Wildman–Crippen MR) is 71.4 cm³/mol. The topological polar surface area (TPSA) is 26.3 Å². The van der Waals surface area contributed by atoms with Crippen LogP contribution in [0, 0.1) is 0 Å². The van der Waals surface area contributed by atoms with Gasteiger partial charge in [-0.05, 0) is 12.8 Å². The van der Waals surface area contributed by atoms with Crippen molar-refractivity contribution in [1.82, 2.24) is 0 Å². The number of hydrogen-bond donors (Lipinski definition) is 0. The number of rotatable bonds is 10. The van der Waals surface area contributed by atoms with E-state index in [1.165, 1.54) is 50.6 Å². The number of carbonyl (C=O) groups is 1. The van der Waals surface area contributed by atoms with Gasteiger partial charge < -0.3 is 4.18 Å². The minimum Gasteiger partial charge on any atom is -0.391 e. The largest absolute Gasteiger partial charge is 0.391 e. The van der Waals surface area contributed by atoms with Gasteiger partial charge in [-0.25, -0.2) is 0 Å². The van der Waals surface area contributed by atoms with Crippen LogP contribution in [0.25, 0.3) is 0 Å². The summed E-state index contributed by atoms with van der Waals surface area (Å²) in [4.78, 5) is 11.0. The molecule has 0 aromatic rings. The van der Waals surface area contributed by atoms with Crippen molar-refractivity contribution in [3.8, 4) is 0 Å². The first kappa shape index (κ1) is 15.8. The molecule has 0 saturated carbocycles. The molecular formula is C13H26O2S. The lowest BCUT2D eigenvalue weighted by Gasteiger charge is -2.12. The van der Waals surface area contributed by atoms with Crippen LogP contribution in [0.5, 0.6) is 0 Å². The Labute approximate surface area is 105 Å². The molecule has 0 aliphatic carbocycles. The zero-order valence-electron chi connectivity index (χ0n) is 11.0. The van der Waals surface area contributed by atoms with E-state index in [1.54, 1.807) is 0 Å². The van der Waals surface area contributed by atoms with Crippen LogP contribution >= 0.6 is 12.0 Å². The van der Waals surface area contributed by atoms with Crippen LogP contribution in [0.4, 0.5) is 0 Å². The maximum Gasteiger partial charge on any atom is 0.317 e. The van der Waals surface area contributed by atoms with Crippen molar-refractivity contribution in [2.75, 3.05) is 0 Å². The number of hydrogen-bond acceptors (Lipinski definition) is 3. The lowest BCUT2D eigenvalue weighted by atomic mass is 10.1. The Balaban J connectivity index is 3.47. The second kappa shape index (κ2) is 11.3. The average molecular weight is 246 g/mol. The van der Waals surface area contributed by atoms with Crippen LogP contribution in [-0.2, 0) is 8.98 Å². The molecule has 0 radical (unpaired) electrons. The molecule has 3 heteroatoms. The molecule has 96 valence electrons. The van der Waals surface area contributed by atoms with Gasteiger partial charge in [-0.3, -0.25) is 4.79 Å². The van der Waals surface area contributed by atoms with Crippen LogP contribution in [-0.4, -0.2) is 11.2 Å². The maximum atomic E-state index is 11.0. The zero-order chi connectivity index (χ0) is 12.2. The van der Waals surface area contributed by atoms with Crippen LogP contribution in [0.3, 0.4) is 0 Å². The molecule has 0 aromatic heterocycles. The molecule has 0 rings (SSSR count). The second-order valence-corrected chi connectivity index (χ2v) is 5.16. The van der Waals surface area contributed by atoms with Crippen molar-refractivity contribution in [2.24, 2.45) is 0 Å². The number of carbonyl (C=O) groups excluding carboxylic acids is 1. The van der Waals surface area contributed by atoms with Gasteiger partial charge in [0.2, 0.25) is 0 Å². The van der Waals surface area contributed by atoms with Gasteiger partial charge in [-0.2, -0.15) is 0 Å². The third kappa shape index (κ3) is 9.08. The average Bonchev–Trinajstić information content (AvgIpc) is 2.32. The van der Waals surface area contributed by atoms with Crippen molar-refractivity contribution >= 4 is 18.0 Å². The normalized spacial score (nSPS) is 12.4. The summed E-state index contributed by atoms with van der Waals surface area (Å²) in [6.07, 6.45) is 9.26. The standard InChI is InChI=1S/C13H26O2S/c1-4-7-8-9-10-11-12(5-2)16-15-13(14)6-3/h12H,4-11H2,1-3H3. The molecule has 0 spiro atoms. The van der Waals surface area contributed by atoms with Crippen LogP contribution in [0.15, 0.2) is 0 Å². The van der Waals surface area contributed by atoms with E-state index in [9.17, 15) is 4.79 Å². The monoisotopic (exact) mass is 246 g/mol. The van der Waals surface area contributed by atoms with Crippen molar-refractivity contribution in [3.05, 3.63) is 0 Å². The maximum absolute atomic E-state index is 11.0. The molecule has 0 aliphatic heterocycles. The highest BCUT2D eigenvalue weighted by Gasteiger charge is 2.10. The van der Waals surface area contributed by atoms with E-state index in [0.717, 1.165) is 6.42 Å². The Morgan fingerprint density at radius 1 is 1.12 bits per heavy atom. The predicted octanol–water partition coefficient (Wildman–Crippen LogP) is 4.73. The lowest BCUT2D eigenvalue weighted by Crippen LogP contribution is -2.05. The molecule has 0 amide bonds. The summed E-state index contributed by atoms with van der Waals surface area (Å²) in [5.74, 6) is -0.102. The second-order valence-electron chi connectivity index (χ2n) is 4.14. The van der Waals surface area contributed by atoms with Crippen molar-refractivity contribution in [1.29, 1.82) is 0 Å². The molecule has 0 saturated heterocycles. The van der Waals surface area contributed by atoms with E-state index in [-0.39, 0.29) is 5.97 Å². The first-order valence-electron chi connectivity index (χ1n) is 6.60. The van der Waals surface area contributed by atoms with Crippen molar-refractivity contribution in [2.45, 2.75) is 77.4 Å². The van der Waals surface area contributed by atoms with Gasteiger partial charge in [0.1, 0.15) is 0 Å². The van der Waals surface area contributed by atoms with Crippen LogP contribution in [0.2, 0.25) is 0 Å².